The van der Waals surface area contributed by atoms with Crippen LogP contribution in [0.5, 0.6) is 5.88 Å². The first-order valence-corrected chi connectivity index (χ1v) is 15.1. The maximum Gasteiger partial charge on any atom is 0.330 e. The van der Waals surface area contributed by atoms with Crippen LogP contribution in [-0.2, 0) is 25.3 Å². The van der Waals surface area contributed by atoms with Crippen LogP contribution in [0, 0.1) is 0 Å². The van der Waals surface area contributed by atoms with Crippen LogP contribution in [0.25, 0.3) is 22.4 Å². The molecule has 1 aliphatic carbocycles. The monoisotopic (exact) mass is 651 g/mol. The number of benzene rings is 2. The number of hydrogen-bond acceptors (Lipinski definition) is 8. The first-order valence-electron chi connectivity index (χ1n) is 14.3. The number of ether oxygens (including phenoxy) is 2. The molecule has 2 aromatic heterocycles. The number of nitrogens with zero attached hydrogens (tertiary/aromatic N) is 3. The van der Waals surface area contributed by atoms with E-state index in [1.807, 2.05) is 18.2 Å². The Balaban J connectivity index is 1.34. The third-order valence-corrected chi connectivity index (χ3v) is 9.09. The SMILES string of the molecule is COc1nc(-c2cccc(-c3cccc(NC(=O)c4cn(C)c(=O)n(C)c4=O)c3Cl)c2Cl)cc2c1[C@@H](N[C@@H]1CCOC1)[C@H](O)C2. The number of aryl methyl sites for hydroxylation is 1. The molecular weight excluding hydrogens is 621 g/mol. The van der Waals surface area contributed by atoms with Gasteiger partial charge in [0.1, 0.15) is 5.56 Å². The van der Waals surface area contributed by atoms with Gasteiger partial charge in [-0.05, 0) is 24.1 Å². The van der Waals surface area contributed by atoms with Crippen molar-refractivity contribution < 1.29 is 19.4 Å². The molecule has 3 atom stereocenters. The molecule has 2 aliphatic rings. The minimum atomic E-state index is -0.724. The highest BCUT2D eigenvalue weighted by atomic mass is 35.5. The van der Waals surface area contributed by atoms with Gasteiger partial charge in [0.2, 0.25) is 5.88 Å². The summed E-state index contributed by atoms with van der Waals surface area (Å²) in [5, 5.41) is 17.7. The van der Waals surface area contributed by atoms with Crippen LogP contribution >= 0.6 is 23.2 Å². The summed E-state index contributed by atoms with van der Waals surface area (Å²) in [4.78, 5) is 42.5. The molecule has 45 heavy (non-hydrogen) atoms. The lowest BCUT2D eigenvalue weighted by Crippen LogP contribution is -2.40. The number of aliphatic hydroxyl groups is 1. The Morgan fingerprint density at radius 2 is 1.80 bits per heavy atom. The lowest BCUT2D eigenvalue weighted by molar-refractivity contribution is 0.102. The Morgan fingerprint density at radius 3 is 2.51 bits per heavy atom. The number of aromatic nitrogens is 3. The number of methoxy groups -OCH3 is 1. The Labute approximate surface area is 268 Å². The molecule has 4 aromatic rings. The van der Waals surface area contributed by atoms with E-state index in [0.29, 0.717) is 52.9 Å². The van der Waals surface area contributed by atoms with Crippen LogP contribution in [0.1, 0.15) is 33.9 Å². The number of pyridine rings is 1. The second-order valence-electron chi connectivity index (χ2n) is 11.2. The summed E-state index contributed by atoms with van der Waals surface area (Å²) < 4.78 is 13.2. The maximum absolute atomic E-state index is 13.1. The second kappa shape index (κ2) is 12.4. The molecule has 1 saturated heterocycles. The van der Waals surface area contributed by atoms with Crippen molar-refractivity contribution in [1.82, 2.24) is 19.4 Å². The quantitative estimate of drug-likeness (QED) is 0.275. The zero-order valence-electron chi connectivity index (χ0n) is 24.8. The average Bonchev–Trinajstić information content (AvgIpc) is 3.66. The van der Waals surface area contributed by atoms with E-state index in [9.17, 15) is 19.5 Å². The summed E-state index contributed by atoms with van der Waals surface area (Å²) in [6, 6.07) is 12.3. The third kappa shape index (κ3) is 5.66. The number of carbonyl (C=O) groups excluding carboxylic acids is 1. The summed E-state index contributed by atoms with van der Waals surface area (Å²) in [7, 11) is 4.31. The molecule has 0 spiro atoms. The highest BCUT2D eigenvalue weighted by Gasteiger charge is 2.37. The van der Waals surface area contributed by atoms with Gasteiger partial charge in [-0.15, -0.1) is 0 Å². The lowest BCUT2D eigenvalue weighted by Gasteiger charge is -2.23. The van der Waals surface area contributed by atoms with E-state index in [1.54, 1.807) is 31.4 Å². The van der Waals surface area contributed by atoms with E-state index >= 15 is 0 Å². The minimum Gasteiger partial charge on any atom is -0.481 e. The number of nitrogens with one attached hydrogen (secondary N) is 2. The van der Waals surface area contributed by atoms with E-state index < -0.39 is 23.3 Å². The first kappa shape index (κ1) is 31.0. The van der Waals surface area contributed by atoms with Gasteiger partial charge < -0.3 is 29.8 Å². The van der Waals surface area contributed by atoms with Crippen LogP contribution in [0.3, 0.4) is 0 Å². The van der Waals surface area contributed by atoms with Gasteiger partial charge in [-0.25, -0.2) is 9.78 Å². The fraction of sp³-hybridized carbons (Fsp3) is 0.312. The van der Waals surface area contributed by atoms with Gasteiger partial charge in [0.05, 0.1) is 47.3 Å². The van der Waals surface area contributed by atoms with Gasteiger partial charge in [0, 0.05) is 61.6 Å². The molecular formula is C32H31Cl2N5O6. The van der Waals surface area contributed by atoms with E-state index in [1.165, 1.54) is 20.3 Å². The fourth-order valence-electron chi connectivity index (χ4n) is 5.96. The fourth-order valence-corrected chi connectivity index (χ4v) is 6.55. The lowest BCUT2D eigenvalue weighted by atomic mass is 9.99. The highest BCUT2D eigenvalue weighted by Crippen LogP contribution is 2.44. The molecule has 0 unspecified atom stereocenters. The Hall–Kier alpha value is -4.00. The summed E-state index contributed by atoms with van der Waals surface area (Å²) in [5.74, 6) is -0.306. The molecule has 3 heterocycles. The maximum atomic E-state index is 13.1. The molecule has 0 saturated carbocycles. The molecule has 0 radical (unpaired) electrons. The minimum absolute atomic E-state index is 0.142. The Bertz CT molecular complexity index is 1930. The molecule has 11 nitrogen and oxygen atoms in total. The summed E-state index contributed by atoms with van der Waals surface area (Å²) in [5.41, 5.74) is 2.85. The normalized spacial score (nSPS) is 19.0. The van der Waals surface area contributed by atoms with Crippen LogP contribution in [0.15, 0.2) is 58.3 Å². The van der Waals surface area contributed by atoms with E-state index in [0.717, 1.165) is 26.7 Å². The molecule has 0 bridgehead atoms. The van der Waals surface area contributed by atoms with Crippen molar-refractivity contribution in [3.8, 4) is 28.3 Å². The van der Waals surface area contributed by atoms with Crippen LogP contribution in [-0.4, -0.2) is 57.6 Å². The van der Waals surface area contributed by atoms with Gasteiger partial charge >= 0.3 is 5.69 Å². The largest absolute Gasteiger partial charge is 0.481 e. The predicted molar refractivity (Wildman–Crippen MR) is 171 cm³/mol. The van der Waals surface area contributed by atoms with Crippen molar-refractivity contribution in [2.24, 2.45) is 14.1 Å². The highest BCUT2D eigenvalue weighted by molar-refractivity contribution is 6.39. The standard InChI is InChI=1S/C32H31Cl2N5O6/c1-38-14-21(31(42)39(2)32(38)43)29(41)36-22-9-5-7-19(27(22)34)18-6-4-8-20(26(18)33)23-12-16-13-24(40)28(25(16)30(37-23)44-3)35-17-10-11-45-15-17/h4-9,12,14,17,24,28,35,40H,10-11,13,15H2,1-3H3,(H,36,41)/t17-,24-,28+/m1/s1. The topological polar surface area (TPSA) is 137 Å². The summed E-state index contributed by atoms with van der Waals surface area (Å²) in [6.07, 6.45) is 1.84. The zero-order valence-corrected chi connectivity index (χ0v) is 26.3. The Morgan fingerprint density at radius 1 is 1.09 bits per heavy atom. The van der Waals surface area contributed by atoms with Crippen molar-refractivity contribution in [2.75, 3.05) is 25.6 Å². The number of anilines is 1. The van der Waals surface area contributed by atoms with E-state index in [2.05, 4.69) is 10.6 Å². The number of hydrogen-bond donors (Lipinski definition) is 3. The van der Waals surface area contributed by atoms with Gasteiger partial charge in [0.15, 0.2) is 0 Å². The van der Waals surface area contributed by atoms with Gasteiger partial charge in [-0.1, -0.05) is 53.5 Å². The van der Waals surface area contributed by atoms with Crippen LogP contribution in [0.2, 0.25) is 10.0 Å². The molecule has 1 fully saturated rings. The average molecular weight is 653 g/mol. The van der Waals surface area contributed by atoms with Crippen molar-refractivity contribution in [1.29, 1.82) is 0 Å². The van der Waals surface area contributed by atoms with Gasteiger partial charge in [-0.2, -0.15) is 0 Å². The van der Waals surface area contributed by atoms with Crippen molar-refractivity contribution in [3.05, 3.63) is 96.2 Å². The predicted octanol–water partition coefficient (Wildman–Crippen LogP) is 3.72. The van der Waals surface area contributed by atoms with Gasteiger partial charge in [0.25, 0.3) is 11.5 Å². The molecule has 234 valence electrons. The van der Waals surface area contributed by atoms with E-state index in [4.69, 9.17) is 37.7 Å². The van der Waals surface area contributed by atoms with Crippen LogP contribution < -0.4 is 26.6 Å². The zero-order chi connectivity index (χ0) is 32.0. The number of aliphatic hydroxyl groups excluding tert-OH is 1. The molecule has 1 aliphatic heterocycles. The molecule has 1 amide bonds. The Kier molecular flexibility index (Phi) is 8.55. The van der Waals surface area contributed by atoms with Crippen molar-refractivity contribution in [3.63, 3.8) is 0 Å². The van der Waals surface area contributed by atoms with E-state index in [-0.39, 0.29) is 28.4 Å². The smallest absolute Gasteiger partial charge is 0.330 e. The summed E-state index contributed by atoms with van der Waals surface area (Å²) in [6.45, 7) is 1.28. The van der Waals surface area contributed by atoms with Crippen molar-refractivity contribution >= 4 is 34.8 Å². The van der Waals surface area contributed by atoms with Crippen LogP contribution in [0.4, 0.5) is 5.69 Å². The van der Waals surface area contributed by atoms with Gasteiger partial charge in [-0.3, -0.25) is 14.2 Å². The molecule has 13 heteroatoms. The number of rotatable bonds is 7. The molecule has 3 N–H and O–H groups in total. The number of halogens is 2. The number of fused-ring (bicyclic) bond motifs is 1. The summed E-state index contributed by atoms with van der Waals surface area (Å²) >= 11 is 13.8. The molecule has 2 aromatic carbocycles. The number of amides is 1. The van der Waals surface area contributed by atoms with Crippen molar-refractivity contribution in [2.45, 2.75) is 31.0 Å². The molecule has 6 rings (SSSR count). The first-order chi connectivity index (χ1) is 21.6. The second-order valence-corrected chi connectivity index (χ2v) is 11.9. The number of carbonyl (C=O) groups is 1. The third-order valence-electron chi connectivity index (χ3n) is 8.28.